The van der Waals surface area contributed by atoms with Crippen LogP contribution < -0.4 is 0 Å². The number of halogens is 1. The van der Waals surface area contributed by atoms with Crippen LogP contribution in [0, 0.1) is 23.7 Å². The molecule has 4 rings (SSSR count). The summed E-state index contributed by atoms with van der Waals surface area (Å²) in [4.78, 5) is 11.8. The minimum atomic E-state index is 0.460. The summed E-state index contributed by atoms with van der Waals surface area (Å²) in [5.41, 5.74) is 0. The molecular formula is C10H13IO. The second-order valence-electron chi connectivity index (χ2n) is 4.72. The average Bonchev–Trinajstić information content (AvgIpc) is 2.07. The molecule has 2 heteroatoms. The minimum Gasteiger partial charge on any atom is -0.299 e. The lowest BCUT2D eigenvalue weighted by molar-refractivity contribution is -0.138. The zero-order valence-corrected chi connectivity index (χ0v) is 9.16. The Morgan fingerprint density at radius 2 is 2.00 bits per heavy atom. The molecule has 0 aliphatic heterocycles. The van der Waals surface area contributed by atoms with Crippen LogP contribution in [0.4, 0.5) is 0 Å². The van der Waals surface area contributed by atoms with Gasteiger partial charge >= 0.3 is 0 Å². The monoisotopic (exact) mass is 276 g/mol. The van der Waals surface area contributed by atoms with E-state index < -0.39 is 0 Å². The zero-order chi connectivity index (χ0) is 8.29. The third-order valence-corrected chi connectivity index (χ3v) is 5.92. The van der Waals surface area contributed by atoms with Crippen molar-refractivity contribution >= 4 is 28.4 Å². The predicted molar refractivity (Wildman–Crippen MR) is 55.2 cm³/mol. The third-order valence-electron chi connectivity index (χ3n) is 4.03. The van der Waals surface area contributed by atoms with Crippen molar-refractivity contribution in [3.05, 3.63) is 0 Å². The largest absolute Gasteiger partial charge is 0.299 e. The SMILES string of the molecule is O=C1[C@@H]2C[C@H]3C[C@@H](C2)[C@@H](I)[C@@H]1C3. The zero-order valence-electron chi connectivity index (χ0n) is 7.00. The van der Waals surface area contributed by atoms with Gasteiger partial charge in [-0.25, -0.2) is 0 Å². The van der Waals surface area contributed by atoms with Gasteiger partial charge in [0.15, 0.2) is 0 Å². The molecule has 0 unspecified atom stereocenters. The molecule has 4 fully saturated rings. The fourth-order valence-electron chi connectivity index (χ4n) is 3.56. The first-order valence-corrected chi connectivity index (χ1v) is 6.18. The maximum absolute atomic E-state index is 11.8. The standard InChI is InChI=1S/C10H13IO/c11-9-6-1-5-2-7(4-6)10(12)8(9)3-5/h5-9H,1-4H2/t5-,6+,7-,8+,9-/m1/s1. The Balaban J connectivity index is 1.98. The highest BCUT2D eigenvalue weighted by molar-refractivity contribution is 14.1. The first-order valence-electron chi connectivity index (χ1n) is 4.93. The van der Waals surface area contributed by atoms with E-state index in [1.54, 1.807) is 0 Å². The fraction of sp³-hybridized carbons (Fsp3) is 0.900. The van der Waals surface area contributed by atoms with Crippen LogP contribution in [0.3, 0.4) is 0 Å². The molecule has 4 bridgehead atoms. The minimum absolute atomic E-state index is 0.460. The molecule has 4 saturated carbocycles. The summed E-state index contributed by atoms with van der Waals surface area (Å²) in [6.45, 7) is 0. The van der Waals surface area contributed by atoms with E-state index in [9.17, 15) is 4.79 Å². The van der Waals surface area contributed by atoms with Gasteiger partial charge in [0.1, 0.15) is 5.78 Å². The number of hydrogen-bond acceptors (Lipinski definition) is 1. The maximum Gasteiger partial charge on any atom is 0.140 e. The van der Waals surface area contributed by atoms with E-state index >= 15 is 0 Å². The summed E-state index contributed by atoms with van der Waals surface area (Å²) in [6.07, 6.45) is 5.10. The molecule has 0 spiro atoms. The summed E-state index contributed by atoms with van der Waals surface area (Å²) in [5, 5.41) is 0. The van der Waals surface area contributed by atoms with Crippen LogP contribution in [0.2, 0.25) is 0 Å². The molecule has 1 nitrogen and oxygen atoms in total. The number of carbonyl (C=O) groups excluding carboxylic acids is 1. The molecule has 0 amide bonds. The Labute approximate surface area is 86.4 Å². The Kier molecular flexibility index (Phi) is 1.59. The van der Waals surface area contributed by atoms with Gasteiger partial charge < -0.3 is 0 Å². The molecule has 0 radical (unpaired) electrons. The lowest BCUT2D eigenvalue weighted by Gasteiger charge is -2.51. The van der Waals surface area contributed by atoms with E-state index in [-0.39, 0.29) is 0 Å². The van der Waals surface area contributed by atoms with Gasteiger partial charge in [-0.05, 0) is 37.5 Å². The molecule has 5 atom stereocenters. The highest BCUT2D eigenvalue weighted by atomic mass is 127. The van der Waals surface area contributed by atoms with Gasteiger partial charge in [-0.2, -0.15) is 0 Å². The third kappa shape index (κ3) is 0.875. The quantitative estimate of drug-likeness (QED) is 0.490. The van der Waals surface area contributed by atoms with Crippen LogP contribution in [0.5, 0.6) is 0 Å². The van der Waals surface area contributed by atoms with E-state index in [1.165, 1.54) is 25.7 Å². The number of carbonyl (C=O) groups is 1. The Hall–Kier alpha value is 0.400. The van der Waals surface area contributed by atoms with E-state index in [2.05, 4.69) is 22.6 Å². The first-order chi connectivity index (χ1) is 5.75. The molecule has 0 aromatic heterocycles. The van der Waals surface area contributed by atoms with Crippen molar-refractivity contribution in [2.24, 2.45) is 23.7 Å². The molecule has 0 heterocycles. The van der Waals surface area contributed by atoms with Crippen molar-refractivity contribution in [2.75, 3.05) is 0 Å². The van der Waals surface area contributed by atoms with Crippen LogP contribution >= 0.6 is 22.6 Å². The lowest BCUT2D eigenvalue weighted by Crippen LogP contribution is -2.51. The van der Waals surface area contributed by atoms with E-state index in [0.717, 1.165) is 11.8 Å². The summed E-state index contributed by atoms with van der Waals surface area (Å²) in [5.74, 6) is 3.37. The second kappa shape index (κ2) is 2.46. The van der Waals surface area contributed by atoms with Crippen molar-refractivity contribution in [3.63, 3.8) is 0 Å². The number of hydrogen-bond donors (Lipinski definition) is 0. The summed E-state index contributed by atoms with van der Waals surface area (Å²) < 4.78 is 0.683. The summed E-state index contributed by atoms with van der Waals surface area (Å²) in [7, 11) is 0. The van der Waals surface area contributed by atoms with Crippen molar-refractivity contribution in [3.8, 4) is 0 Å². The van der Waals surface area contributed by atoms with Gasteiger partial charge in [-0.3, -0.25) is 4.79 Å². The maximum atomic E-state index is 11.8. The molecular weight excluding hydrogens is 263 g/mol. The molecule has 0 aromatic rings. The van der Waals surface area contributed by atoms with E-state index in [0.29, 0.717) is 21.5 Å². The van der Waals surface area contributed by atoms with Gasteiger partial charge in [0.2, 0.25) is 0 Å². The highest BCUT2D eigenvalue weighted by Gasteiger charge is 2.52. The van der Waals surface area contributed by atoms with Gasteiger partial charge in [-0.15, -0.1) is 0 Å². The fourth-order valence-corrected chi connectivity index (χ4v) is 4.80. The summed E-state index contributed by atoms with van der Waals surface area (Å²) >= 11 is 2.52. The van der Waals surface area contributed by atoms with Crippen LogP contribution in [0.1, 0.15) is 25.7 Å². The molecule has 0 N–H and O–H groups in total. The number of alkyl halides is 1. The molecule has 4 aliphatic carbocycles. The summed E-state index contributed by atoms with van der Waals surface area (Å²) in [6, 6.07) is 0. The van der Waals surface area contributed by atoms with Crippen molar-refractivity contribution < 1.29 is 4.79 Å². The lowest BCUT2D eigenvalue weighted by atomic mass is 9.56. The second-order valence-corrected chi connectivity index (χ2v) is 6.16. The van der Waals surface area contributed by atoms with Crippen molar-refractivity contribution in [2.45, 2.75) is 29.6 Å². The normalized spacial score (nSPS) is 56.4. The Bertz CT molecular complexity index is 238. The Morgan fingerprint density at radius 3 is 2.83 bits per heavy atom. The van der Waals surface area contributed by atoms with Gasteiger partial charge in [0.05, 0.1) is 0 Å². The molecule has 0 aromatic carbocycles. The van der Waals surface area contributed by atoms with Crippen molar-refractivity contribution in [1.29, 1.82) is 0 Å². The molecule has 66 valence electrons. The number of ketones is 1. The van der Waals surface area contributed by atoms with Crippen LogP contribution in [0.25, 0.3) is 0 Å². The topological polar surface area (TPSA) is 17.1 Å². The van der Waals surface area contributed by atoms with E-state index in [4.69, 9.17) is 0 Å². The smallest absolute Gasteiger partial charge is 0.140 e. The van der Waals surface area contributed by atoms with Gasteiger partial charge in [0.25, 0.3) is 0 Å². The van der Waals surface area contributed by atoms with Gasteiger partial charge in [0, 0.05) is 15.8 Å². The Morgan fingerprint density at radius 1 is 1.17 bits per heavy atom. The predicted octanol–water partition coefficient (Wildman–Crippen LogP) is 2.43. The molecule has 4 aliphatic rings. The van der Waals surface area contributed by atoms with E-state index in [1.807, 2.05) is 0 Å². The molecule has 12 heavy (non-hydrogen) atoms. The number of rotatable bonds is 0. The van der Waals surface area contributed by atoms with Crippen LogP contribution in [0.15, 0.2) is 0 Å². The highest BCUT2D eigenvalue weighted by Crippen LogP contribution is 2.54. The van der Waals surface area contributed by atoms with Gasteiger partial charge in [-0.1, -0.05) is 22.6 Å². The van der Waals surface area contributed by atoms with Crippen LogP contribution in [-0.4, -0.2) is 9.71 Å². The van der Waals surface area contributed by atoms with Crippen LogP contribution in [-0.2, 0) is 4.79 Å². The first kappa shape index (κ1) is 7.77. The number of Topliss-reactive ketones (excluding diaryl/α,β-unsaturated/α-hetero) is 1. The average molecular weight is 276 g/mol. The van der Waals surface area contributed by atoms with Crippen molar-refractivity contribution in [1.82, 2.24) is 0 Å². The molecule has 0 saturated heterocycles.